The van der Waals surface area contributed by atoms with E-state index < -0.39 is 24.0 Å². The second-order valence-corrected chi connectivity index (χ2v) is 13.4. The van der Waals surface area contributed by atoms with Crippen molar-refractivity contribution in [2.45, 2.75) is 128 Å². The van der Waals surface area contributed by atoms with E-state index >= 15 is 0 Å². The Morgan fingerprint density at radius 2 is 1.20 bits per heavy atom. The molecule has 270 valence electrons. The minimum absolute atomic E-state index is 0.282. The Bertz CT molecular complexity index is 1400. The number of benzene rings is 2. The molecule has 1 aliphatic heterocycles. The van der Waals surface area contributed by atoms with Crippen molar-refractivity contribution in [3.63, 3.8) is 0 Å². The number of nitrogens with one attached hydrogen (secondary N) is 1. The summed E-state index contributed by atoms with van der Waals surface area (Å²) in [7, 11) is 0. The number of hydrogen-bond donors (Lipinski definition) is 1. The first kappa shape index (κ1) is 38.6. The highest BCUT2D eigenvalue weighted by Gasteiger charge is 2.46. The van der Waals surface area contributed by atoms with Crippen molar-refractivity contribution in [1.82, 2.24) is 10.3 Å². The lowest BCUT2D eigenvalue weighted by atomic mass is 9.89. The zero-order valence-corrected chi connectivity index (χ0v) is 30.1. The zero-order chi connectivity index (χ0) is 35.4. The smallest absolute Gasteiger partial charge is 0.333 e. The summed E-state index contributed by atoms with van der Waals surface area (Å²) in [6.07, 6.45) is 17.6. The summed E-state index contributed by atoms with van der Waals surface area (Å²) in [5.74, 6) is -1.64. The van der Waals surface area contributed by atoms with Gasteiger partial charge in [-0.15, -0.1) is 0 Å². The van der Waals surface area contributed by atoms with Gasteiger partial charge in [-0.05, 0) is 48.9 Å². The fourth-order valence-corrected chi connectivity index (χ4v) is 6.93. The van der Waals surface area contributed by atoms with Crippen molar-refractivity contribution in [2.24, 2.45) is 0 Å². The Kier molecular flexibility index (Phi) is 16.8. The van der Waals surface area contributed by atoms with Crippen LogP contribution in [0.5, 0.6) is 0 Å². The molecule has 1 fully saturated rings. The average molecular weight is 684 g/mol. The largest absolute Gasteiger partial charge is 0.465 e. The van der Waals surface area contributed by atoms with E-state index in [4.69, 9.17) is 9.47 Å². The molecule has 4 rings (SSSR count). The zero-order valence-electron chi connectivity index (χ0n) is 30.1. The van der Waals surface area contributed by atoms with E-state index in [1.807, 2.05) is 77.7 Å². The number of anilines is 1. The van der Waals surface area contributed by atoms with Crippen molar-refractivity contribution in [3.05, 3.63) is 96.3 Å². The van der Waals surface area contributed by atoms with Gasteiger partial charge in [0.15, 0.2) is 6.04 Å². The Morgan fingerprint density at radius 1 is 0.680 bits per heavy atom. The number of nitrogens with zero attached hydrogens (tertiary/aromatic N) is 2. The van der Waals surface area contributed by atoms with Gasteiger partial charge in [0.1, 0.15) is 12.0 Å². The van der Waals surface area contributed by atoms with Gasteiger partial charge in [0, 0.05) is 24.1 Å². The first-order valence-electron chi connectivity index (χ1n) is 19.0. The highest BCUT2D eigenvalue weighted by molar-refractivity contribution is 5.91. The third kappa shape index (κ3) is 11.7. The molecule has 3 aromatic rings. The predicted octanol–water partition coefficient (Wildman–Crippen LogP) is 8.87. The van der Waals surface area contributed by atoms with Crippen LogP contribution in [0.15, 0.2) is 85.2 Å². The van der Waals surface area contributed by atoms with Crippen LogP contribution >= 0.6 is 0 Å². The number of ether oxygens (including phenoxy) is 2. The van der Waals surface area contributed by atoms with Gasteiger partial charge in [0.05, 0.1) is 13.2 Å². The Morgan fingerprint density at radius 3 is 1.78 bits per heavy atom. The third-order valence-corrected chi connectivity index (χ3v) is 9.63. The normalized spacial score (nSPS) is 16.8. The quantitative estimate of drug-likeness (QED) is 0.0835. The topological polar surface area (TPSA) is 97.8 Å². The minimum atomic E-state index is -0.950. The van der Waals surface area contributed by atoms with Crippen LogP contribution in [0.4, 0.5) is 5.69 Å². The molecule has 0 saturated carbocycles. The molecular weight excluding hydrogens is 626 g/mol. The molecule has 0 bridgehead atoms. The van der Waals surface area contributed by atoms with Crippen molar-refractivity contribution >= 4 is 23.5 Å². The average Bonchev–Trinajstić information content (AvgIpc) is 3.59. The third-order valence-electron chi connectivity index (χ3n) is 9.63. The van der Waals surface area contributed by atoms with E-state index in [-0.39, 0.29) is 17.9 Å². The summed E-state index contributed by atoms with van der Waals surface area (Å²) in [6.45, 7) is 5.08. The molecule has 50 heavy (non-hydrogen) atoms. The van der Waals surface area contributed by atoms with Gasteiger partial charge in [0.2, 0.25) is 5.91 Å². The van der Waals surface area contributed by atoms with Gasteiger partial charge in [-0.1, -0.05) is 139 Å². The second kappa shape index (κ2) is 21.8. The number of amides is 1. The molecule has 1 amide bonds. The summed E-state index contributed by atoms with van der Waals surface area (Å²) in [5, 5.41) is 3.05. The molecule has 1 aliphatic rings. The molecular formula is C42H57N3O5. The fourth-order valence-electron chi connectivity index (χ4n) is 6.93. The van der Waals surface area contributed by atoms with Crippen molar-refractivity contribution in [3.8, 4) is 0 Å². The second-order valence-electron chi connectivity index (χ2n) is 13.4. The predicted molar refractivity (Wildman–Crippen MR) is 199 cm³/mol. The standard InChI is InChI=1S/C42H57N3O5/c1-3-5-7-9-11-19-31-49-41(47)38(33-21-15-13-16-22-33)36-25-26-37(45(36)35-27-29-43-30-28-35)40(46)44-39(34-23-17-14-18-24-34)42(48)50-32-20-12-10-8-6-4-2/h13-18,21-24,27-30,36-39H,3-12,19-20,25-26,31-32H2,1-2H3,(H,44,46)/t36-,37-,38+,39+/m0/s1. The maximum absolute atomic E-state index is 14.3. The number of hydrogen-bond acceptors (Lipinski definition) is 7. The van der Waals surface area contributed by atoms with Crippen LogP contribution < -0.4 is 10.2 Å². The van der Waals surface area contributed by atoms with Crippen LogP contribution in [0.3, 0.4) is 0 Å². The van der Waals surface area contributed by atoms with Crippen LogP contribution in [-0.2, 0) is 23.9 Å². The summed E-state index contributed by atoms with van der Waals surface area (Å²) in [6, 6.07) is 20.8. The summed E-state index contributed by atoms with van der Waals surface area (Å²) >= 11 is 0. The molecule has 2 heterocycles. The van der Waals surface area contributed by atoms with Gasteiger partial charge >= 0.3 is 11.9 Å². The lowest BCUT2D eigenvalue weighted by Gasteiger charge is -2.36. The van der Waals surface area contributed by atoms with Gasteiger partial charge in [-0.3, -0.25) is 14.6 Å². The van der Waals surface area contributed by atoms with Crippen LogP contribution in [0, 0.1) is 0 Å². The van der Waals surface area contributed by atoms with E-state index in [0.29, 0.717) is 31.6 Å². The molecule has 1 aromatic heterocycles. The number of rotatable bonds is 22. The molecule has 0 aliphatic carbocycles. The Labute approximate surface area is 299 Å². The number of aromatic nitrogens is 1. The fraction of sp³-hybridized carbons (Fsp3) is 0.524. The molecule has 4 atom stereocenters. The van der Waals surface area contributed by atoms with Crippen molar-refractivity contribution in [2.75, 3.05) is 18.1 Å². The number of unbranched alkanes of at least 4 members (excludes halogenated alkanes) is 10. The first-order valence-corrected chi connectivity index (χ1v) is 19.0. The molecule has 0 unspecified atom stereocenters. The summed E-state index contributed by atoms with van der Waals surface area (Å²) in [5.41, 5.74) is 2.31. The minimum Gasteiger partial charge on any atom is -0.465 e. The van der Waals surface area contributed by atoms with Gasteiger partial charge in [-0.25, -0.2) is 4.79 Å². The molecule has 1 saturated heterocycles. The van der Waals surface area contributed by atoms with Crippen molar-refractivity contribution < 1.29 is 23.9 Å². The summed E-state index contributed by atoms with van der Waals surface area (Å²) in [4.78, 5) is 48.0. The molecule has 8 heteroatoms. The number of esters is 2. The van der Waals surface area contributed by atoms with Crippen LogP contribution in [0.1, 0.15) is 127 Å². The SMILES string of the molecule is CCCCCCCCOC(=O)[C@H](c1ccccc1)[C@@H]1CC[C@@H](C(=O)N[C@@H](C(=O)OCCCCCCCC)c2ccccc2)N1c1ccncc1. The summed E-state index contributed by atoms with van der Waals surface area (Å²) < 4.78 is 11.7. The van der Waals surface area contributed by atoms with Crippen LogP contribution in [-0.4, -0.2) is 48.1 Å². The Balaban J connectivity index is 1.52. The number of carbonyl (C=O) groups excluding carboxylic acids is 3. The lowest BCUT2D eigenvalue weighted by molar-refractivity contribution is -0.148. The van der Waals surface area contributed by atoms with Crippen LogP contribution in [0.2, 0.25) is 0 Å². The maximum Gasteiger partial charge on any atom is 0.333 e. The highest BCUT2D eigenvalue weighted by Crippen LogP contribution is 2.39. The first-order chi connectivity index (χ1) is 24.5. The molecule has 8 nitrogen and oxygen atoms in total. The monoisotopic (exact) mass is 683 g/mol. The van der Waals surface area contributed by atoms with Gasteiger partial charge in [-0.2, -0.15) is 0 Å². The van der Waals surface area contributed by atoms with E-state index in [9.17, 15) is 14.4 Å². The molecule has 1 N–H and O–H groups in total. The highest BCUT2D eigenvalue weighted by atomic mass is 16.5. The molecule has 0 spiro atoms. The van der Waals surface area contributed by atoms with Gasteiger partial charge in [0.25, 0.3) is 0 Å². The maximum atomic E-state index is 14.3. The number of carbonyl (C=O) groups is 3. The van der Waals surface area contributed by atoms with E-state index in [1.165, 1.54) is 38.5 Å². The Hall–Kier alpha value is -4.20. The van der Waals surface area contributed by atoms with Crippen molar-refractivity contribution in [1.29, 1.82) is 0 Å². The van der Waals surface area contributed by atoms with Crippen LogP contribution in [0.25, 0.3) is 0 Å². The van der Waals surface area contributed by atoms with E-state index in [1.54, 1.807) is 12.4 Å². The van der Waals surface area contributed by atoms with E-state index in [0.717, 1.165) is 49.8 Å². The molecule has 0 radical (unpaired) electrons. The molecule has 2 aromatic carbocycles. The van der Waals surface area contributed by atoms with Gasteiger partial charge < -0.3 is 19.7 Å². The lowest BCUT2D eigenvalue weighted by Crippen LogP contribution is -2.50. The van der Waals surface area contributed by atoms with E-state index in [2.05, 4.69) is 24.1 Å². The number of pyridine rings is 1.